The molecule has 1 aliphatic carbocycles. The molecule has 5 nitrogen and oxygen atoms in total. The second-order valence-corrected chi connectivity index (χ2v) is 6.81. The first-order valence-electron chi connectivity index (χ1n) is 8.38. The number of halogens is 2. The molecule has 2 heterocycles. The van der Waals surface area contributed by atoms with Crippen LogP contribution in [-0.2, 0) is 0 Å². The van der Waals surface area contributed by atoms with Crippen LogP contribution >= 0.6 is 0 Å². The number of hydrogen-bond acceptors (Lipinski definition) is 2. The Balaban J connectivity index is 1.32. The van der Waals surface area contributed by atoms with Crippen molar-refractivity contribution in [1.29, 1.82) is 0 Å². The zero-order valence-corrected chi connectivity index (χ0v) is 13.3. The molecule has 24 heavy (non-hydrogen) atoms. The van der Waals surface area contributed by atoms with Crippen LogP contribution in [0.5, 0.6) is 0 Å². The number of carbonyl (C=O) groups excluding carboxylic acids is 1. The molecular formula is C17H20F2N4O. The number of aromatic nitrogens is 2. The fourth-order valence-corrected chi connectivity index (χ4v) is 3.55. The molecule has 0 atom stereocenters. The molecule has 2 amide bonds. The third-order valence-corrected chi connectivity index (χ3v) is 4.99. The number of urea groups is 1. The number of carbonyl (C=O) groups is 1. The van der Waals surface area contributed by atoms with Gasteiger partial charge in [0.05, 0.1) is 11.0 Å². The van der Waals surface area contributed by atoms with Gasteiger partial charge in [0.25, 0.3) is 5.92 Å². The van der Waals surface area contributed by atoms with E-state index in [1.165, 1.54) is 0 Å². The standard InChI is InChI=1S/C17H20F2N4O/c18-17(19)9-12(10-17)20-16(24)23-7-5-11(6-8-23)15-21-13-3-1-2-4-14(13)22-15/h1-4,11-12H,5-10H2,(H,20,24)(H,21,22). The maximum atomic E-state index is 12.8. The minimum absolute atomic E-state index is 0.224. The Hall–Kier alpha value is -2.18. The number of aromatic amines is 1. The molecule has 1 saturated carbocycles. The number of para-hydroxylation sites is 2. The summed E-state index contributed by atoms with van der Waals surface area (Å²) in [6, 6.07) is 7.30. The van der Waals surface area contributed by atoms with E-state index < -0.39 is 5.92 Å². The van der Waals surface area contributed by atoms with Gasteiger partial charge in [-0.3, -0.25) is 0 Å². The number of H-pyrrole nitrogens is 1. The Bertz CT molecular complexity index is 711. The lowest BCUT2D eigenvalue weighted by Crippen LogP contribution is -2.54. The topological polar surface area (TPSA) is 61.0 Å². The smallest absolute Gasteiger partial charge is 0.317 e. The van der Waals surface area contributed by atoms with Crippen LogP contribution in [-0.4, -0.2) is 46.0 Å². The number of benzene rings is 1. The van der Waals surface area contributed by atoms with E-state index in [1.807, 2.05) is 24.3 Å². The molecule has 7 heteroatoms. The quantitative estimate of drug-likeness (QED) is 0.886. The summed E-state index contributed by atoms with van der Waals surface area (Å²) in [6.45, 7) is 1.24. The average molecular weight is 334 g/mol. The van der Waals surface area contributed by atoms with Gasteiger partial charge in [0.15, 0.2) is 0 Å². The van der Waals surface area contributed by atoms with Crippen molar-refractivity contribution in [3.63, 3.8) is 0 Å². The van der Waals surface area contributed by atoms with Gasteiger partial charge >= 0.3 is 6.03 Å². The van der Waals surface area contributed by atoms with Crippen molar-refractivity contribution in [2.24, 2.45) is 0 Å². The number of hydrogen-bond donors (Lipinski definition) is 2. The Morgan fingerprint density at radius 2 is 1.96 bits per heavy atom. The minimum atomic E-state index is -2.60. The second-order valence-electron chi connectivity index (χ2n) is 6.81. The molecule has 1 saturated heterocycles. The number of nitrogens with one attached hydrogen (secondary N) is 2. The molecule has 1 aromatic carbocycles. The second kappa shape index (κ2) is 5.72. The van der Waals surface area contributed by atoms with Crippen molar-refractivity contribution in [2.45, 2.75) is 43.6 Å². The molecule has 0 unspecified atom stereocenters. The van der Waals surface area contributed by atoms with Crippen molar-refractivity contribution in [1.82, 2.24) is 20.2 Å². The molecule has 1 aromatic heterocycles. The number of nitrogens with zero attached hydrogens (tertiary/aromatic N) is 2. The largest absolute Gasteiger partial charge is 0.342 e. The minimum Gasteiger partial charge on any atom is -0.342 e. The Morgan fingerprint density at radius 1 is 1.25 bits per heavy atom. The molecule has 0 spiro atoms. The summed E-state index contributed by atoms with van der Waals surface area (Å²) in [6.07, 6.45) is 1.17. The van der Waals surface area contributed by atoms with Gasteiger partial charge in [-0.1, -0.05) is 12.1 Å². The molecule has 128 valence electrons. The summed E-state index contributed by atoms with van der Waals surface area (Å²) < 4.78 is 25.7. The van der Waals surface area contributed by atoms with Gasteiger partial charge < -0.3 is 15.2 Å². The first-order chi connectivity index (χ1) is 11.5. The van der Waals surface area contributed by atoms with Gasteiger partial charge in [-0.05, 0) is 25.0 Å². The van der Waals surface area contributed by atoms with Gasteiger partial charge in [0.1, 0.15) is 5.82 Å². The van der Waals surface area contributed by atoms with Crippen LogP contribution in [0.2, 0.25) is 0 Å². The average Bonchev–Trinajstić information content (AvgIpc) is 2.97. The van der Waals surface area contributed by atoms with Crippen molar-refractivity contribution in [3.05, 3.63) is 30.1 Å². The molecular weight excluding hydrogens is 314 g/mol. The van der Waals surface area contributed by atoms with E-state index in [9.17, 15) is 13.6 Å². The molecule has 2 aliphatic rings. The summed E-state index contributed by atoms with van der Waals surface area (Å²) in [5.41, 5.74) is 1.98. The Kier molecular flexibility index (Phi) is 3.66. The molecule has 2 fully saturated rings. The zero-order chi connectivity index (χ0) is 16.7. The van der Waals surface area contributed by atoms with Gasteiger partial charge in [-0.25, -0.2) is 18.6 Å². The molecule has 0 radical (unpaired) electrons. The summed E-state index contributed by atoms with van der Waals surface area (Å²) in [7, 11) is 0. The van der Waals surface area contributed by atoms with Gasteiger partial charge in [0, 0.05) is 37.9 Å². The van der Waals surface area contributed by atoms with Crippen LogP contribution in [0.1, 0.15) is 37.4 Å². The van der Waals surface area contributed by atoms with Crippen LogP contribution in [0.3, 0.4) is 0 Å². The fourth-order valence-electron chi connectivity index (χ4n) is 3.55. The lowest BCUT2D eigenvalue weighted by Gasteiger charge is -2.38. The van der Waals surface area contributed by atoms with Crippen molar-refractivity contribution < 1.29 is 13.6 Å². The van der Waals surface area contributed by atoms with E-state index in [0.717, 1.165) is 29.7 Å². The van der Waals surface area contributed by atoms with E-state index >= 15 is 0 Å². The highest BCUT2D eigenvalue weighted by molar-refractivity contribution is 5.75. The molecule has 0 bridgehead atoms. The predicted octanol–water partition coefficient (Wildman–Crippen LogP) is 3.25. The van der Waals surface area contributed by atoms with E-state index in [0.29, 0.717) is 19.0 Å². The van der Waals surface area contributed by atoms with E-state index in [2.05, 4.69) is 15.3 Å². The number of amides is 2. The van der Waals surface area contributed by atoms with Crippen LogP contribution in [0.25, 0.3) is 11.0 Å². The van der Waals surface area contributed by atoms with Crippen LogP contribution in [0.4, 0.5) is 13.6 Å². The van der Waals surface area contributed by atoms with Crippen molar-refractivity contribution in [2.75, 3.05) is 13.1 Å². The highest BCUT2D eigenvalue weighted by Gasteiger charge is 2.46. The molecule has 1 aliphatic heterocycles. The summed E-state index contributed by atoms with van der Waals surface area (Å²) in [5, 5.41) is 2.70. The van der Waals surface area contributed by atoms with Crippen LogP contribution in [0, 0.1) is 0 Å². The molecule has 4 rings (SSSR count). The van der Waals surface area contributed by atoms with E-state index in [1.54, 1.807) is 4.90 Å². The lowest BCUT2D eigenvalue weighted by molar-refractivity contribution is -0.0903. The van der Waals surface area contributed by atoms with Gasteiger partial charge in [-0.15, -0.1) is 0 Å². The lowest BCUT2D eigenvalue weighted by atomic mass is 9.88. The number of imidazole rings is 1. The van der Waals surface area contributed by atoms with Crippen molar-refractivity contribution >= 4 is 17.1 Å². The maximum Gasteiger partial charge on any atom is 0.317 e. The van der Waals surface area contributed by atoms with Gasteiger partial charge in [-0.2, -0.15) is 0 Å². The number of alkyl halides is 2. The third-order valence-electron chi connectivity index (χ3n) is 4.99. The monoisotopic (exact) mass is 334 g/mol. The highest BCUT2D eigenvalue weighted by atomic mass is 19.3. The zero-order valence-electron chi connectivity index (χ0n) is 13.3. The fraction of sp³-hybridized carbons (Fsp3) is 0.529. The number of likely N-dealkylation sites (tertiary alicyclic amines) is 1. The summed E-state index contributed by atoms with van der Waals surface area (Å²) in [5.74, 6) is -1.34. The third kappa shape index (κ3) is 2.95. The first-order valence-corrected chi connectivity index (χ1v) is 8.38. The molecule has 2 N–H and O–H groups in total. The predicted molar refractivity (Wildman–Crippen MR) is 86.1 cm³/mol. The first kappa shape index (κ1) is 15.4. The number of piperidine rings is 1. The van der Waals surface area contributed by atoms with E-state index in [4.69, 9.17) is 0 Å². The molecule has 2 aromatic rings. The summed E-state index contributed by atoms with van der Waals surface area (Å²) in [4.78, 5) is 21.9. The SMILES string of the molecule is O=C(NC1CC(F)(F)C1)N1CCC(c2nc3ccccc3[nH]2)CC1. The van der Waals surface area contributed by atoms with E-state index in [-0.39, 0.29) is 24.9 Å². The van der Waals surface area contributed by atoms with Crippen molar-refractivity contribution in [3.8, 4) is 0 Å². The normalized spacial score (nSPS) is 21.7. The van der Waals surface area contributed by atoms with Gasteiger partial charge in [0.2, 0.25) is 0 Å². The van der Waals surface area contributed by atoms with Crippen LogP contribution in [0.15, 0.2) is 24.3 Å². The Morgan fingerprint density at radius 3 is 2.62 bits per heavy atom. The number of fused-ring (bicyclic) bond motifs is 1. The van der Waals surface area contributed by atoms with Crippen LogP contribution < -0.4 is 5.32 Å². The maximum absolute atomic E-state index is 12.8. The Labute approximate surface area is 138 Å². The number of rotatable bonds is 2. The summed E-state index contributed by atoms with van der Waals surface area (Å²) >= 11 is 0. The highest BCUT2D eigenvalue weighted by Crippen LogP contribution is 2.37.